The summed E-state index contributed by atoms with van der Waals surface area (Å²) in [7, 11) is 0. The minimum absolute atomic E-state index is 0.715. The molecule has 200 valence electrons. The van der Waals surface area contributed by atoms with Gasteiger partial charge in [0.15, 0.2) is 5.82 Å². The van der Waals surface area contributed by atoms with Crippen molar-refractivity contribution in [2.45, 2.75) is 0 Å². The Morgan fingerprint density at radius 2 is 0.884 bits per heavy atom. The molecule has 0 unspecified atom stereocenters. The number of aromatic nitrogens is 2. The van der Waals surface area contributed by atoms with E-state index in [9.17, 15) is 0 Å². The van der Waals surface area contributed by atoms with Crippen LogP contribution in [0.15, 0.2) is 150 Å². The first-order valence-corrected chi connectivity index (χ1v) is 14.5. The number of rotatable bonds is 3. The van der Waals surface area contributed by atoms with Gasteiger partial charge in [-0.2, -0.15) is 0 Å². The molecule has 0 aliphatic rings. The summed E-state index contributed by atoms with van der Waals surface area (Å²) in [5.41, 5.74) is 6.73. The Labute approximate surface area is 247 Å². The molecule has 0 saturated carbocycles. The molecule has 7 aromatic carbocycles. The summed E-state index contributed by atoms with van der Waals surface area (Å²) in [5.74, 6) is 0.715. The van der Waals surface area contributed by atoms with Crippen LogP contribution in [0.4, 0.5) is 0 Å². The van der Waals surface area contributed by atoms with Crippen molar-refractivity contribution in [2.24, 2.45) is 0 Å². The molecule has 0 spiro atoms. The number of para-hydroxylation sites is 1. The second-order valence-corrected chi connectivity index (χ2v) is 11.0. The van der Waals surface area contributed by atoms with Gasteiger partial charge in [-0.3, -0.25) is 0 Å². The van der Waals surface area contributed by atoms with Gasteiger partial charge in [-0.1, -0.05) is 115 Å². The molecule has 0 amide bonds. The van der Waals surface area contributed by atoms with E-state index < -0.39 is 0 Å². The standard InChI is InChI=1S/C40H24N2O/c1-3-11-25(12-4-1)36-24-37(42-40(41-36)26-13-5-2-6-14-26)27-19-20-30-32(21-27)28-15-7-8-16-29(28)33-22-35-31-17-9-10-18-38(31)43-39(35)23-34(30)33/h1-24H. The van der Waals surface area contributed by atoms with Crippen LogP contribution < -0.4 is 0 Å². The third-order valence-electron chi connectivity index (χ3n) is 8.46. The molecule has 2 aromatic heterocycles. The molecule has 9 rings (SSSR count). The molecule has 0 aliphatic heterocycles. The first kappa shape index (κ1) is 23.9. The molecule has 0 atom stereocenters. The van der Waals surface area contributed by atoms with E-state index >= 15 is 0 Å². The van der Waals surface area contributed by atoms with Gasteiger partial charge in [0.05, 0.1) is 11.4 Å². The Hall–Kier alpha value is -5.80. The van der Waals surface area contributed by atoms with E-state index in [1.165, 1.54) is 32.3 Å². The number of nitrogens with zero attached hydrogens (tertiary/aromatic N) is 2. The average Bonchev–Trinajstić information content (AvgIpc) is 3.45. The summed E-state index contributed by atoms with van der Waals surface area (Å²) in [6.07, 6.45) is 0. The number of benzene rings is 7. The Bertz CT molecular complexity index is 2440. The molecule has 43 heavy (non-hydrogen) atoms. The van der Waals surface area contributed by atoms with Gasteiger partial charge >= 0.3 is 0 Å². The SMILES string of the molecule is c1ccc(-c2cc(-c3ccc4c(c3)c3ccccc3c3cc5c(cc43)oc3ccccc35)nc(-c3ccccc3)n2)cc1. The highest BCUT2D eigenvalue weighted by Gasteiger charge is 2.16. The summed E-state index contributed by atoms with van der Waals surface area (Å²) < 4.78 is 6.31. The van der Waals surface area contributed by atoms with E-state index in [4.69, 9.17) is 14.4 Å². The van der Waals surface area contributed by atoms with Gasteiger partial charge in [0.1, 0.15) is 11.2 Å². The van der Waals surface area contributed by atoms with Gasteiger partial charge in [0.2, 0.25) is 0 Å². The number of furan rings is 1. The molecular formula is C40H24N2O. The lowest BCUT2D eigenvalue weighted by Crippen LogP contribution is -1.96. The number of hydrogen-bond acceptors (Lipinski definition) is 3. The predicted octanol–water partition coefficient (Wildman–Crippen LogP) is 10.8. The van der Waals surface area contributed by atoms with Crippen molar-refractivity contribution >= 4 is 54.3 Å². The largest absolute Gasteiger partial charge is 0.456 e. The number of fused-ring (bicyclic) bond motifs is 9. The summed E-state index contributed by atoms with van der Waals surface area (Å²) in [5, 5.41) is 9.54. The van der Waals surface area contributed by atoms with Gasteiger partial charge < -0.3 is 4.42 Å². The predicted molar refractivity (Wildman–Crippen MR) is 178 cm³/mol. The molecule has 2 heterocycles. The van der Waals surface area contributed by atoms with E-state index in [1.807, 2.05) is 48.5 Å². The zero-order valence-corrected chi connectivity index (χ0v) is 23.2. The fraction of sp³-hybridized carbons (Fsp3) is 0. The van der Waals surface area contributed by atoms with Crippen LogP contribution in [0.2, 0.25) is 0 Å². The molecule has 0 N–H and O–H groups in total. The maximum absolute atomic E-state index is 6.31. The van der Waals surface area contributed by atoms with Gasteiger partial charge in [0, 0.05) is 27.5 Å². The average molecular weight is 549 g/mol. The number of hydrogen-bond donors (Lipinski definition) is 0. The fourth-order valence-corrected chi connectivity index (χ4v) is 6.40. The van der Waals surface area contributed by atoms with Crippen molar-refractivity contribution in [1.29, 1.82) is 0 Å². The maximum atomic E-state index is 6.31. The monoisotopic (exact) mass is 548 g/mol. The fourth-order valence-electron chi connectivity index (χ4n) is 6.40. The van der Waals surface area contributed by atoms with Crippen molar-refractivity contribution in [1.82, 2.24) is 9.97 Å². The molecular weight excluding hydrogens is 524 g/mol. The summed E-state index contributed by atoms with van der Waals surface area (Å²) in [6.45, 7) is 0. The lowest BCUT2D eigenvalue weighted by atomic mass is 9.91. The van der Waals surface area contributed by atoms with E-state index in [-0.39, 0.29) is 0 Å². The third kappa shape index (κ3) is 3.83. The first-order chi connectivity index (χ1) is 21.3. The lowest BCUT2D eigenvalue weighted by Gasteiger charge is -2.13. The van der Waals surface area contributed by atoms with Crippen LogP contribution in [0.5, 0.6) is 0 Å². The Morgan fingerprint density at radius 3 is 1.63 bits per heavy atom. The van der Waals surface area contributed by atoms with E-state index in [0.29, 0.717) is 5.82 Å². The van der Waals surface area contributed by atoms with Crippen LogP contribution in [0, 0.1) is 0 Å². The first-order valence-electron chi connectivity index (χ1n) is 14.5. The van der Waals surface area contributed by atoms with Crippen molar-refractivity contribution in [3.8, 4) is 33.9 Å². The van der Waals surface area contributed by atoms with Crippen molar-refractivity contribution in [3.63, 3.8) is 0 Å². The van der Waals surface area contributed by atoms with Crippen molar-refractivity contribution < 1.29 is 4.42 Å². The Morgan fingerprint density at radius 1 is 0.326 bits per heavy atom. The topological polar surface area (TPSA) is 38.9 Å². The van der Waals surface area contributed by atoms with Crippen molar-refractivity contribution in [3.05, 3.63) is 146 Å². The Kier molecular flexibility index (Phi) is 5.20. The molecule has 3 heteroatoms. The second kappa shape index (κ2) is 9.37. The summed E-state index contributed by atoms with van der Waals surface area (Å²) in [4.78, 5) is 10.1. The van der Waals surface area contributed by atoms with Gasteiger partial charge in [-0.15, -0.1) is 0 Å². The van der Waals surface area contributed by atoms with Crippen LogP contribution in [-0.4, -0.2) is 9.97 Å². The maximum Gasteiger partial charge on any atom is 0.160 e. The molecule has 0 radical (unpaired) electrons. The lowest BCUT2D eigenvalue weighted by molar-refractivity contribution is 0.669. The molecule has 3 nitrogen and oxygen atoms in total. The molecule has 0 saturated heterocycles. The molecule has 0 fully saturated rings. The van der Waals surface area contributed by atoms with Gasteiger partial charge in [-0.05, 0) is 62.6 Å². The molecule has 9 aromatic rings. The van der Waals surface area contributed by atoms with E-state index in [0.717, 1.165) is 50.0 Å². The van der Waals surface area contributed by atoms with Crippen LogP contribution in [0.25, 0.3) is 88.2 Å². The van der Waals surface area contributed by atoms with Crippen LogP contribution in [0.1, 0.15) is 0 Å². The van der Waals surface area contributed by atoms with Crippen LogP contribution >= 0.6 is 0 Å². The van der Waals surface area contributed by atoms with Crippen LogP contribution in [0.3, 0.4) is 0 Å². The quantitative estimate of drug-likeness (QED) is 0.206. The zero-order valence-electron chi connectivity index (χ0n) is 23.2. The highest BCUT2D eigenvalue weighted by Crippen LogP contribution is 2.41. The zero-order chi connectivity index (χ0) is 28.3. The Balaban J connectivity index is 1.32. The summed E-state index contributed by atoms with van der Waals surface area (Å²) in [6, 6.07) is 50.8. The van der Waals surface area contributed by atoms with E-state index in [2.05, 4.69) is 97.1 Å². The normalized spacial score (nSPS) is 11.7. The highest BCUT2D eigenvalue weighted by atomic mass is 16.3. The van der Waals surface area contributed by atoms with Crippen molar-refractivity contribution in [2.75, 3.05) is 0 Å². The van der Waals surface area contributed by atoms with Gasteiger partial charge in [0.25, 0.3) is 0 Å². The minimum atomic E-state index is 0.715. The molecule has 0 bridgehead atoms. The highest BCUT2D eigenvalue weighted by molar-refractivity contribution is 6.28. The van der Waals surface area contributed by atoms with Gasteiger partial charge in [-0.25, -0.2) is 9.97 Å². The van der Waals surface area contributed by atoms with Crippen LogP contribution in [-0.2, 0) is 0 Å². The minimum Gasteiger partial charge on any atom is -0.456 e. The third-order valence-corrected chi connectivity index (χ3v) is 8.46. The summed E-state index contributed by atoms with van der Waals surface area (Å²) >= 11 is 0. The smallest absolute Gasteiger partial charge is 0.160 e. The van der Waals surface area contributed by atoms with E-state index in [1.54, 1.807) is 0 Å². The second-order valence-electron chi connectivity index (χ2n) is 11.0. The molecule has 0 aliphatic carbocycles.